The molecule has 0 saturated heterocycles. The average Bonchev–Trinajstić information content (AvgIpc) is 3.57. The van der Waals surface area contributed by atoms with Gasteiger partial charge in [0.15, 0.2) is 5.78 Å². The molecule has 186 valence electrons. The number of halogens is 1. The van der Waals surface area contributed by atoms with Crippen LogP contribution in [-0.4, -0.2) is 26.5 Å². The van der Waals surface area contributed by atoms with Crippen LogP contribution in [0, 0.1) is 0 Å². The molecule has 1 fully saturated rings. The Morgan fingerprint density at radius 1 is 1.00 bits per heavy atom. The maximum absolute atomic E-state index is 11.8. The van der Waals surface area contributed by atoms with Crippen molar-refractivity contribution in [2.75, 3.05) is 0 Å². The second-order valence-electron chi connectivity index (χ2n) is 8.69. The van der Waals surface area contributed by atoms with Gasteiger partial charge in [-0.05, 0) is 67.8 Å². The molecular weight excluding hydrogens is 480 g/mol. The number of fused-ring (bicyclic) bond motifs is 1. The fourth-order valence-electron chi connectivity index (χ4n) is 4.46. The number of furan rings is 1. The Kier molecular flexibility index (Phi) is 7.97. The van der Waals surface area contributed by atoms with Gasteiger partial charge in [-0.25, -0.2) is 10.8 Å². The highest BCUT2D eigenvalue weighted by atomic mass is 35.5. The summed E-state index contributed by atoms with van der Waals surface area (Å²) in [5.74, 6) is 5.80. The van der Waals surface area contributed by atoms with Crippen molar-refractivity contribution in [2.45, 2.75) is 45.1 Å². The molecule has 0 atom stereocenters. The zero-order valence-electron chi connectivity index (χ0n) is 19.9. The van der Waals surface area contributed by atoms with E-state index in [2.05, 4.69) is 9.99 Å². The van der Waals surface area contributed by atoms with Gasteiger partial charge in [-0.1, -0.05) is 31.4 Å². The lowest BCUT2D eigenvalue weighted by Gasteiger charge is -2.25. The van der Waals surface area contributed by atoms with Crippen molar-refractivity contribution in [1.29, 1.82) is 0 Å². The molecule has 0 spiro atoms. The highest BCUT2D eigenvalue weighted by Crippen LogP contribution is 2.36. The van der Waals surface area contributed by atoms with Gasteiger partial charge in [0.05, 0.1) is 22.9 Å². The number of aromatic nitrogens is 2. The fourth-order valence-corrected chi connectivity index (χ4v) is 4.59. The lowest BCUT2D eigenvalue weighted by Crippen LogP contribution is -2.29. The van der Waals surface area contributed by atoms with E-state index in [1.165, 1.54) is 38.3 Å². The molecule has 2 aromatic heterocycles. The second kappa shape index (κ2) is 11.3. The van der Waals surface area contributed by atoms with Crippen LogP contribution in [0.2, 0.25) is 0 Å². The monoisotopic (exact) mass is 506 g/mol. The Morgan fingerprint density at radius 2 is 1.67 bits per heavy atom. The molecule has 9 heteroatoms. The van der Waals surface area contributed by atoms with Crippen molar-refractivity contribution >= 4 is 39.6 Å². The number of ketones is 1. The lowest BCUT2D eigenvalue weighted by atomic mass is 9.95. The summed E-state index contributed by atoms with van der Waals surface area (Å²) in [4.78, 5) is 38.0. The number of nitrogen functional groups attached to an aromatic ring is 1. The summed E-state index contributed by atoms with van der Waals surface area (Å²) in [7, 11) is 0. The summed E-state index contributed by atoms with van der Waals surface area (Å²) >= 11 is 5.21. The van der Waals surface area contributed by atoms with Gasteiger partial charge >= 0.3 is 0 Å². The van der Waals surface area contributed by atoms with Crippen molar-refractivity contribution in [3.05, 3.63) is 77.7 Å². The third kappa shape index (κ3) is 5.56. The third-order valence-corrected chi connectivity index (χ3v) is 6.54. The number of nitrogens with one attached hydrogen (secondary N) is 1. The van der Waals surface area contributed by atoms with Gasteiger partial charge in [-0.2, -0.15) is 0 Å². The van der Waals surface area contributed by atoms with E-state index in [4.69, 9.17) is 26.8 Å². The highest BCUT2D eigenvalue weighted by Gasteiger charge is 2.23. The van der Waals surface area contributed by atoms with E-state index in [0.29, 0.717) is 22.7 Å². The maximum atomic E-state index is 11.8. The number of hydrogen-bond donors (Lipinski definition) is 2. The van der Waals surface area contributed by atoms with Crippen LogP contribution in [0.1, 0.15) is 76.1 Å². The SMILES string of the molecule is CC(=O)c1ccc(C(=O)Cl)cc1.NNC(=O)c1ccc2c(c1)nc(-c1ccoc1)n2C1CCCCC1. The average molecular weight is 507 g/mol. The molecule has 1 aliphatic rings. The molecule has 4 aromatic rings. The Balaban J connectivity index is 0.000000214. The minimum Gasteiger partial charge on any atom is -0.472 e. The van der Waals surface area contributed by atoms with Crippen molar-refractivity contribution in [2.24, 2.45) is 5.84 Å². The fraction of sp³-hybridized carbons (Fsp3) is 0.259. The van der Waals surface area contributed by atoms with Crippen LogP contribution in [0.3, 0.4) is 0 Å². The minimum absolute atomic E-state index is 0.0245. The topological polar surface area (TPSA) is 120 Å². The second-order valence-corrected chi connectivity index (χ2v) is 9.04. The van der Waals surface area contributed by atoms with E-state index in [1.807, 2.05) is 12.1 Å². The number of Topliss-reactive ketones (excluding diaryl/α,β-unsaturated/α-hetero) is 1. The lowest BCUT2D eigenvalue weighted by molar-refractivity contribution is 0.0952. The number of amides is 1. The zero-order valence-corrected chi connectivity index (χ0v) is 20.6. The molecule has 0 bridgehead atoms. The number of nitrogens with zero attached hydrogens (tertiary/aromatic N) is 2. The summed E-state index contributed by atoms with van der Waals surface area (Å²) in [6.45, 7) is 1.47. The van der Waals surface area contributed by atoms with Crippen LogP contribution in [-0.2, 0) is 0 Å². The normalized spacial score (nSPS) is 13.6. The molecule has 5 rings (SSSR count). The van der Waals surface area contributed by atoms with E-state index in [-0.39, 0.29) is 11.7 Å². The van der Waals surface area contributed by atoms with Crippen LogP contribution in [0.5, 0.6) is 0 Å². The van der Waals surface area contributed by atoms with Crippen molar-refractivity contribution in [1.82, 2.24) is 15.0 Å². The first-order valence-corrected chi connectivity index (χ1v) is 12.1. The molecule has 0 aliphatic heterocycles. The van der Waals surface area contributed by atoms with Crippen LogP contribution in [0.25, 0.3) is 22.4 Å². The zero-order chi connectivity index (χ0) is 25.7. The molecular formula is C27H27ClN4O4. The number of benzene rings is 2. The van der Waals surface area contributed by atoms with Gasteiger partial charge in [-0.3, -0.25) is 19.8 Å². The summed E-state index contributed by atoms with van der Waals surface area (Å²) < 4.78 is 7.56. The van der Waals surface area contributed by atoms with Gasteiger partial charge in [0.1, 0.15) is 12.1 Å². The smallest absolute Gasteiger partial charge is 0.265 e. The van der Waals surface area contributed by atoms with Gasteiger partial charge in [0.2, 0.25) is 0 Å². The molecule has 0 unspecified atom stereocenters. The number of nitrogens with two attached hydrogens (primary N) is 1. The standard InChI is InChI=1S/C18H20N4O2.C9H7ClO2/c19-21-18(23)12-6-7-16-15(10-12)20-17(13-8-9-24-11-13)22(16)14-4-2-1-3-5-14;1-6(11)7-2-4-8(5-3-7)9(10)12/h6-11,14H,1-5,19H2,(H,21,23);2-5H,1H3. The third-order valence-electron chi connectivity index (χ3n) is 6.32. The number of imidazole rings is 1. The Hall–Kier alpha value is -3.75. The maximum Gasteiger partial charge on any atom is 0.265 e. The summed E-state index contributed by atoms with van der Waals surface area (Å²) in [5, 5.41) is -0.509. The van der Waals surface area contributed by atoms with Gasteiger partial charge in [-0.15, -0.1) is 0 Å². The van der Waals surface area contributed by atoms with Crippen LogP contribution in [0.4, 0.5) is 0 Å². The van der Waals surface area contributed by atoms with Gasteiger partial charge in [0.25, 0.3) is 11.1 Å². The van der Waals surface area contributed by atoms with E-state index >= 15 is 0 Å². The first-order chi connectivity index (χ1) is 17.4. The van der Waals surface area contributed by atoms with E-state index in [9.17, 15) is 14.4 Å². The molecule has 36 heavy (non-hydrogen) atoms. The first-order valence-electron chi connectivity index (χ1n) is 11.8. The summed E-state index contributed by atoms with van der Waals surface area (Å²) in [5.41, 5.74) is 6.48. The largest absolute Gasteiger partial charge is 0.472 e. The number of hydrazine groups is 1. The molecule has 1 aliphatic carbocycles. The van der Waals surface area contributed by atoms with Crippen molar-refractivity contribution in [3.8, 4) is 11.4 Å². The molecule has 3 N–H and O–H groups in total. The Bertz CT molecular complexity index is 1340. The quantitative estimate of drug-likeness (QED) is 0.118. The highest BCUT2D eigenvalue weighted by molar-refractivity contribution is 6.67. The number of carbonyl (C=O) groups is 3. The minimum atomic E-state index is -0.509. The first kappa shape index (κ1) is 25.3. The summed E-state index contributed by atoms with van der Waals surface area (Å²) in [6, 6.07) is 14.1. The predicted octanol–water partition coefficient (Wildman–Crippen LogP) is 5.67. The number of hydrogen-bond acceptors (Lipinski definition) is 6. The predicted molar refractivity (Wildman–Crippen MR) is 138 cm³/mol. The summed E-state index contributed by atoms with van der Waals surface area (Å²) in [6.07, 6.45) is 9.46. The Morgan fingerprint density at radius 3 is 2.25 bits per heavy atom. The van der Waals surface area contributed by atoms with Crippen molar-refractivity contribution < 1.29 is 18.8 Å². The van der Waals surface area contributed by atoms with Crippen molar-refractivity contribution in [3.63, 3.8) is 0 Å². The molecule has 1 saturated carbocycles. The number of carbonyl (C=O) groups excluding carboxylic acids is 3. The van der Waals surface area contributed by atoms with Crippen LogP contribution < -0.4 is 11.3 Å². The molecule has 0 radical (unpaired) electrons. The molecule has 8 nitrogen and oxygen atoms in total. The van der Waals surface area contributed by atoms with Crippen LogP contribution in [0.15, 0.2) is 65.5 Å². The van der Waals surface area contributed by atoms with E-state index < -0.39 is 5.24 Å². The van der Waals surface area contributed by atoms with E-state index in [1.54, 1.807) is 36.8 Å². The molecule has 2 aromatic carbocycles. The Labute approximate surface area is 213 Å². The number of rotatable bonds is 5. The van der Waals surface area contributed by atoms with E-state index in [0.717, 1.165) is 35.3 Å². The van der Waals surface area contributed by atoms with Gasteiger partial charge < -0.3 is 8.98 Å². The molecule has 1 amide bonds. The van der Waals surface area contributed by atoms with Gasteiger partial charge in [0, 0.05) is 22.7 Å². The molecule has 2 heterocycles. The van der Waals surface area contributed by atoms with Crippen LogP contribution >= 0.6 is 11.6 Å².